The number of hydrogen-bond acceptors (Lipinski definition) is 1. The molecule has 0 aliphatic carbocycles. The molecule has 0 heterocycles. The summed E-state index contributed by atoms with van der Waals surface area (Å²) >= 11 is 0. The first-order valence-corrected chi connectivity index (χ1v) is 11.2. The van der Waals surface area contributed by atoms with Gasteiger partial charge in [-0.2, -0.15) is 0 Å². The molecule has 6 aromatic rings. The number of benzene rings is 6. The predicted octanol–water partition coefficient (Wildman–Crippen LogP) is 8.58. The van der Waals surface area contributed by atoms with Gasteiger partial charge in [-0.15, -0.1) is 0 Å². The Morgan fingerprint density at radius 1 is 0.364 bits per heavy atom. The molecular weight excluding hydrogens is 398 g/mol. The average Bonchev–Trinajstić information content (AvgIpc) is 2.89. The zero-order valence-corrected chi connectivity index (χ0v) is 18.2. The van der Waals surface area contributed by atoms with E-state index in [9.17, 15) is 0 Å². The Balaban J connectivity index is 1.50. The summed E-state index contributed by atoms with van der Waals surface area (Å²) in [5.74, 6) is 0. The van der Waals surface area contributed by atoms with Crippen molar-refractivity contribution in [3.8, 4) is 33.4 Å². The maximum Gasteiger partial charge on any atom is 0.0320 e. The van der Waals surface area contributed by atoms with E-state index in [1.54, 1.807) is 0 Å². The molecule has 0 amide bonds. The van der Waals surface area contributed by atoms with Gasteiger partial charge < -0.3 is 5.73 Å². The monoisotopic (exact) mass is 421 g/mol. The lowest BCUT2D eigenvalue weighted by atomic mass is 9.90. The van der Waals surface area contributed by atoms with Crippen LogP contribution in [-0.4, -0.2) is 0 Å². The van der Waals surface area contributed by atoms with Crippen molar-refractivity contribution in [1.82, 2.24) is 0 Å². The van der Waals surface area contributed by atoms with Gasteiger partial charge in [0.2, 0.25) is 0 Å². The summed E-state index contributed by atoms with van der Waals surface area (Å²) in [6.07, 6.45) is 0. The van der Waals surface area contributed by atoms with Crippen molar-refractivity contribution < 1.29 is 0 Å². The summed E-state index contributed by atoms with van der Waals surface area (Å²) in [6.45, 7) is 0. The van der Waals surface area contributed by atoms with Crippen LogP contribution in [0, 0.1) is 0 Å². The Morgan fingerprint density at radius 2 is 0.939 bits per heavy atom. The Labute approximate surface area is 193 Å². The van der Waals surface area contributed by atoms with Crippen molar-refractivity contribution in [1.29, 1.82) is 0 Å². The Morgan fingerprint density at radius 3 is 1.70 bits per heavy atom. The maximum absolute atomic E-state index is 6.18. The molecule has 0 aromatic heterocycles. The molecule has 156 valence electrons. The van der Waals surface area contributed by atoms with Crippen molar-refractivity contribution >= 4 is 27.2 Å². The molecule has 1 nitrogen and oxygen atoms in total. The fraction of sp³-hybridized carbons (Fsp3) is 0. The van der Waals surface area contributed by atoms with Crippen molar-refractivity contribution in [3.05, 3.63) is 127 Å². The molecule has 0 spiro atoms. The first kappa shape index (κ1) is 19.3. The largest absolute Gasteiger partial charge is 0.399 e. The fourth-order valence-electron chi connectivity index (χ4n) is 4.79. The lowest BCUT2D eigenvalue weighted by molar-refractivity contribution is 1.57. The van der Waals surface area contributed by atoms with Crippen LogP contribution in [0.25, 0.3) is 54.9 Å². The molecule has 0 bridgehead atoms. The number of nitrogens with two attached hydrogens (primary N) is 1. The first-order valence-electron chi connectivity index (χ1n) is 11.2. The van der Waals surface area contributed by atoms with Gasteiger partial charge in [-0.3, -0.25) is 0 Å². The van der Waals surface area contributed by atoms with Gasteiger partial charge in [-0.1, -0.05) is 109 Å². The molecule has 1 heteroatoms. The summed E-state index contributed by atoms with van der Waals surface area (Å²) in [7, 11) is 0. The van der Waals surface area contributed by atoms with Crippen LogP contribution in [0.3, 0.4) is 0 Å². The maximum atomic E-state index is 6.18. The van der Waals surface area contributed by atoms with Gasteiger partial charge in [0.15, 0.2) is 0 Å². The highest BCUT2D eigenvalue weighted by atomic mass is 14.5. The van der Waals surface area contributed by atoms with Crippen molar-refractivity contribution in [2.24, 2.45) is 0 Å². The van der Waals surface area contributed by atoms with E-state index in [2.05, 4.69) is 115 Å². The standard InChI is InChI=1S/C32H23N/c33-26-18-19-28(22-8-2-1-3-9-22)32(21-26)24-16-14-23(15-17-24)31-20-25-10-4-5-11-27(25)29-12-6-7-13-30(29)31/h1-21H,33H2. The van der Waals surface area contributed by atoms with E-state index >= 15 is 0 Å². The molecule has 2 N–H and O–H groups in total. The minimum absolute atomic E-state index is 0.772. The second-order valence-corrected chi connectivity index (χ2v) is 8.44. The summed E-state index contributed by atoms with van der Waals surface area (Å²) in [6, 6.07) is 45.1. The zero-order chi connectivity index (χ0) is 22.2. The third kappa shape index (κ3) is 3.44. The summed E-state index contributed by atoms with van der Waals surface area (Å²) < 4.78 is 0. The van der Waals surface area contributed by atoms with Crippen molar-refractivity contribution in [2.45, 2.75) is 0 Å². The third-order valence-electron chi connectivity index (χ3n) is 6.40. The number of nitrogen functional groups attached to an aromatic ring is 1. The molecule has 0 aliphatic heterocycles. The average molecular weight is 422 g/mol. The minimum atomic E-state index is 0.772. The van der Waals surface area contributed by atoms with Gasteiger partial charge in [0.25, 0.3) is 0 Å². The second kappa shape index (κ2) is 7.96. The predicted molar refractivity (Wildman–Crippen MR) is 142 cm³/mol. The van der Waals surface area contributed by atoms with E-state index in [0.717, 1.165) is 16.8 Å². The summed E-state index contributed by atoms with van der Waals surface area (Å²) in [4.78, 5) is 0. The minimum Gasteiger partial charge on any atom is -0.399 e. The molecule has 0 radical (unpaired) electrons. The van der Waals surface area contributed by atoms with Gasteiger partial charge in [0.05, 0.1) is 0 Å². The van der Waals surface area contributed by atoms with E-state index in [1.165, 1.54) is 43.8 Å². The van der Waals surface area contributed by atoms with Crippen LogP contribution in [0.4, 0.5) is 5.69 Å². The number of anilines is 1. The van der Waals surface area contributed by atoms with Crippen LogP contribution >= 0.6 is 0 Å². The third-order valence-corrected chi connectivity index (χ3v) is 6.40. The van der Waals surface area contributed by atoms with Crippen LogP contribution < -0.4 is 5.73 Å². The van der Waals surface area contributed by atoms with E-state index in [4.69, 9.17) is 5.73 Å². The van der Waals surface area contributed by atoms with Gasteiger partial charge in [0, 0.05) is 5.69 Å². The van der Waals surface area contributed by atoms with Crippen LogP contribution in [0.15, 0.2) is 127 Å². The van der Waals surface area contributed by atoms with Crippen LogP contribution in [0.5, 0.6) is 0 Å². The zero-order valence-electron chi connectivity index (χ0n) is 18.2. The van der Waals surface area contributed by atoms with Crippen LogP contribution in [0.2, 0.25) is 0 Å². The van der Waals surface area contributed by atoms with Gasteiger partial charge in [0.1, 0.15) is 0 Å². The second-order valence-electron chi connectivity index (χ2n) is 8.44. The molecule has 0 aliphatic rings. The molecule has 6 rings (SSSR count). The Bertz CT molecular complexity index is 1600. The smallest absolute Gasteiger partial charge is 0.0320 e. The van der Waals surface area contributed by atoms with Crippen molar-refractivity contribution in [3.63, 3.8) is 0 Å². The topological polar surface area (TPSA) is 26.0 Å². The van der Waals surface area contributed by atoms with Gasteiger partial charge in [-0.05, 0) is 73.1 Å². The number of fused-ring (bicyclic) bond motifs is 3. The summed E-state index contributed by atoms with van der Waals surface area (Å²) in [5.41, 5.74) is 14.1. The van der Waals surface area contributed by atoms with Crippen molar-refractivity contribution in [2.75, 3.05) is 5.73 Å². The van der Waals surface area contributed by atoms with E-state index in [0.29, 0.717) is 0 Å². The summed E-state index contributed by atoms with van der Waals surface area (Å²) in [5, 5.41) is 5.12. The number of hydrogen-bond donors (Lipinski definition) is 1. The highest BCUT2D eigenvalue weighted by molar-refractivity contribution is 6.13. The highest BCUT2D eigenvalue weighted by Gasteiger charge is 2.11. The molecule has 0 atom stereocenters. The first-order chi connectivity index (χ1) is 16.3. The number of rotatable bonds is 3. The quantitative estimate of drug-likeness (QED) is 0.225. The molecule has 0 unspecified atom stereocenters. The molecule has 6 aromatic carbocycles. The molecule has 0 fully saturated rings. The Kier molecular flexibility index (Phi) is 4.66. The van der Waals surface area contributed by atoms with E-state index < -0.39 is 0 Å². The molecular formula is C32H23N. The highest BCUT2D eigenvalue weighted by Crippen LogP contribution is 2.37. The molecule has 0 saturated heterocycles. The van der Waals surface area contributed by atoms with Crippen LogP contribution in [-0.2, 0) is 0 Å². The molecule has 0 saturated carbocycles. The van der Waals surface area contributed by atoms with Crippen LogP contribution in [0.1, 0.15) is 0 Å². The normalized spacial score (nSPS) is 11.2. The van der Waals surface area contributed by atoms with E-state index in [1.807, 2.05) is 12.1 Å². The Hall–Kier alpha value is -4.36. The van der Waals surface area contributed by atoms with E-state index in [-0.39, 0.29) is 0 Å². The van der Waals surface area contributed by atoms with Gasteiger partial charge >= 0.3 is 0 Å². The lowest BCUT2D eigenvalue weighted by Gasteiger charge is -2.14. The molecule has 33 heavy (non-hydrogen) atoms. The lowest BCUT2D eigenvalue weighted by Crippen LogP contribution is -1.90. The van der Waals surface area contributed by atoms with Gasteiger partial charge in [-0.25, -0.2) is 0 Å². The SMILES string of the molecule is Nc1ccc(-c2ccccc2)c(-c2ccc(-c3cc4ccccc4c4ccccc34)cc2)c1. The fourth-order valence-corrected chi connectivity index (χ4v) is 4.79.